The number of carbonyl (C=O) groups excluding carboxylic acids is 2. The SMILES string of the molecule is C=C(/C=C\C(C)=C/C)[C@@H]1C[C@H]1NCCS(=O)(=O)C[C@@H](NC(=O)c1ccccc1)C(=O)N1CCOCC1. The van der Waals surface area contributed by atoms with Crippen molar-refractivity contribution in [1.82, 2.24) is 15.5 Å². The molecular weight excluding hydrogens is 478 g/mol. The third-order valence-corrected chi connectivity index (χ3v) is 8.15. The second-order valence-electron chi connectivity index (χ2n) is 9.29. The topological polar surface area (TPSA) is 105 Å². The van der Waals surface area contributed by atoms with E-state index < -0.39 is 33.4 Å². The highest BCUT2D eigenvalue weighted by atomic mass is 32.2. The molecule has 9 heteroatoms. The van der Waals surface area contributed by atoms with E-state index in [1.54, 1.807) is 35.2 Å². The maximum atomic E-state index is 13.1. The van der Waals surface area contributed by atoms with Crippen LogP contribution >= 0.6 is 0 Å². The van der Waals surface area contributed by atoms with Gasteiger partial charge in [-0.2, -0.15) is 0 Å². The predicted molar refractivity (Wildman–Crippen MR) is 141 cm³/mol. The van der Waals surface area contributed by atoms with Crippen LogP contribution in [0.5, 0.6) is 0 Å². The fraction of sp³-hybridized carbons (Fsp3) is 0.481. The molecule has 1 saturated carbocycles. The zero-order valence-electron chi connectivity index (χ0n) is 21.1. The van der Waals surface area contributed by atoms with Gasteiger partial charge in [-0.15, -0.1) is 0 Å². The summed E-state index contributed by atoms with van der Waals surface area (Å²) in [5, 5.41) is 5.94. The van der Waals surface area contributed by atoms with Gasteiger partial charge in [0.1, 0.15) is 6.04 Å². The molecule has 36 heavy (non-hydrogen) atoms. The molecule has 8 nitrogen and oxygen atoms in total. The summed E-state index contributed by atoms with van der Waals surface area (Å²) in [7, 11) is -3.62. The van der Waals surface area contributed by atoms with Gasteiger partial charge in [0, 0.05) is 37.2 Å². The summed E-state index contributed by atoms with van der Waals surface area (Å²) >= 11 is 0. The predicted octanol–water partition coefficient (Wildman–Crippen LogP) is 2.12. The summed E-state index contributed by atoms with van der Waals surface area (Å²) < 4.78 is 31.2. The normalized spacial score (nSPS) is 21.3. The molecule has 1 aliphatic carbocycles. The van der Waals surface area contributed by atoms with Crippen molar-refractivity contribution in [1.29, 1.82) is 0 Å². The average Bonchev–Trinajstić information content (AvgIpc) is 3.66. The van der Waals surface area contributed by atoms with Crippen LogP contribution in [0.2, 0.25) is 0 Å². The number of hydrogen-bond acceptors (Lipinski definition) is 6. The number of morpholine rings is 1. The van der Waals surface area contributed by atoms with Gasteiger partial charge in [0.15, 0.2) is 9.84 Å². The third kappa shape index (κ3) is 8.43. The molecule has 2 amide bonds. The molecule has 2 fully saturated rings. The highest BCUT2D eigenvalue weighted by Gasteiger charge is 2.38. The van der Waals surface area contributed by atoms with E-state index in [0.717, 1.165) is 17.6 Å². The van der Waals surface area contributed by atoms with Gasteiger partial charge < -0.3 is 20.3 Å². The van der Waals surface area contributed by atoms with Gasteiger partial charge in [-0.1, -0.05) is 54.2 Å². The number of nitrogens with one attached hydrogen (secondary N) is 2. The van der Waals surface area contributed by atoms with Gasteiger partial charge in [0.05, 0.1) is 24.7 Å². The van der Waals surface area contributed by atoms with E-state index in [9.17, 15) is 18.0 Å². The molecule has 1 aliphatic heterocycles. The summed E-state index contributed by atoms with van der Waals surface area (Å²) in [6.45, 7) is 9.92. The molecule has 1 saturated heterocycles. The Bertz CT molecular complexity index is 1090. The van der Waals surface area contributed by atoms with Crippen molar-refractivity contribution in [2.24, 2.45) is 5.92 Å². The molecule has 0 aromatic heterocycles. The maximum absolute atomic E-state index is 13.1. The summed E-state index contributed by atoms with van der Waals surface area (Å²) in [5.74, 6) is -1.15. The van der Waals surface area contributed by atoms with Crippen molar-refractivity contribution >= 4 is 21.7 Å². The lowest BCUT2D eigenvalue weighted by molar-refractivity contribution is -0.136. The fourth-order valence-corrected chi connectivity index (χ4v) is 5.37. The lowest BCUT2D eigenvalue weighted by Crippen LogP contribution is -2.54. The first-order chi connectivity index (χ1) is 17.2. The Morgan fingerprint density at radius 2 is 1.89 bits per heavy atom. The summed E-state index contributed by atoms with van der Waals surface area (Å²) in [4.78, 5) is 27.4. The molecule has 2 N–H and O–H groups in total. The largest absolute Gasteiger partial charge is 0.378 e. The van der Waals surface area contributed by atoms with E-state index in [1.165, 1.54) is 0 Å². The molecule has 1 aromatic carbocycles. The van der Waals surface area contributed by atoms with Crippen molar-refractivity contribution in [3.8, 4) is 0 Å². The van der Waals surface area contributed by atoms with E-state index in [0.29, 0.717) is 37.8 Å². The Morgan fingerprint density at radius 1 is 1.19 bits per heavy atom. The molecule has 0 radical (unpaired) electrons. The minimum absolute atomic E-state index is 0.121. The van der Waals surface area contributed by atoms with E-state index >= 15 is 0 Å². The van der Waals surface area contributed by atoms with Crippen LogP contribution in [0.3, 0.4) is 0 Å². The highest BCUT2D eigenvalue weighted by Crippen LogP contribution is 2.37. The van der Waals surface area contributed by atoms with Crippen LogP contribution in [0.15, 0.2) is 66.3 Å². The van der Waals surface area contributed by atoms with Crippen LogP contribution in [0, 0.1) is 5.92 Å². The minimum atomic E-state index is -3.62. The van der Waals surface area contributed by atoms with Gasteiger partial charge in [-0.3, -0.25) is 9.59 Å². The number of nitrogens with zero attached hydrogens (tertiary/aromatic N) is 1. The van der Waals surface area contributed by atoms with E-state index in [-0.39, 0.29) is 18.3 Å². The van der Waals surface area contributed by atoms with Crippen LogP contribution in [-0.4, -0.2) is 81.6 Å². The number of carbonyl (C=O) groups is 2. The smallest absolute Gasteiger partial charge is 0.251 e. The monoisotopic (exact) mass is 515 g/mol. The van der Waals surface area contributed by atoms with Crippen molar-refractivity contribution < 1.29 is 22.7 Å². The van der Waals surface area contributed by atoms with Gasteiger partial charge in [0.2, 0.25) is 5.91 Å². The molecule has 1 heterocycles. The van der Waals surface area contributed by atoms with E-state index in [4.69, 9.17) is 4.74 Å². The average molecular weight is 516 g/mol. The van der Waals surface area contributed by atoms with Crippen molar-refractivity contribution in [3.05, 3.63) is 71.8 Å². The van der Waals surface area contributed by atoms with E-state index in [2.05, 4.69) is 17.2 Å². The third-order valence-electron chi connectivity index (χ3n) is 6.48. The molecular formula is C27H37N3O5S. The molecule has 196 valence electrons. The van der Waals surface area contributed by atoms with Crippen LogP contribution in [0.1, 0.15) is 30.6 Å². The second kappa shape index (κ2) is 13.0. The van der Waals surface area contributed by atoms with Crippen LogP contribution < -0.4 is 10.6 Å². The maximum Gasteiger partial charge on any atom is 0.251 e. The summed E-state index contributed by atoms with van der Waals surface area (Å²) in [6.07, 6.45) is 6.98. The molecule has 3 rings (SSSR count). The Morgan fingerprint density at radius 3 is 2.56 bits per heavy atom. The van der Waals surface area contributed by atoms with E-state index in [1.807, 2.05) is 32.1 Å². The molecule has 3 atom stereocenters. The van der Waals surface area contributed by atoms with Crippen molar-refractivity contribution in [2.45, 2.75) is 32.4 Å². The van der Waals surface area contributed by atoms with Crippen LogP contribution in [0.4, 0.5) is 0 Å². The quantitative estimate of drug-likeness (QED) is 0.413. The molecule has 0 unspecified atom stereocenters. The number of allylic oxidation sites excluding steroid dienone is 4. The summed E-state index contributed by atoms with van der Waals surface area (Å²) in [6, 6.07) is 7.50. The highest BCUT2D eigenvalue weighted by molar-refractivity contribution is 7.91. The lowest BCUT2D eigenvalue weighted by atomic mass is 10.1. The first kappa shape index (κ1) is 27.8. The molecule has 1 aromatic rings. The van der Waals surface area contributed by atoms with Gasteiger partial charge >= 0.3 is 0 Å². The minimum Gasteiger partial charge on any atom is -0.378 e. The number of amides is 2. The zero-order valence-corrected chi connectivity index (χ0v) is 21.9. The van der Waals surface area contributed by atoms with Crippen molar-refractivity contribution in [2.75, 3.05) is 44.4 Å². The number of hydrogen-bond donors (Lipinski definition) is 2. The van der Waals surface area contributed by atoms with Gasteiger partial charge in [-0.05, 0) is 32.4 Å². The molecule has 0 bridgehead atoms. The fourth-order valence-electron chi connectivity index (χ4n) is 4.04. The van der Waals surface area contributed by atoms with Crippen molar-refractivity contribution in [3.63, 3.8) is 0 Å². The number of sulfone groups is 1. The second-order valence-corrected chi connectivity index (χ2v) is 11.5. The van der Waals surface area contributed by atoms with Crippen LogP contribution in [-0.2, 0) is 19.4 Å². The Hall–Kier alpha value is -2.75. The van der Waals surface area contributed by atoms with Crippen LogP contribution in [0.25, 0.3) is 0 Å². The number of benzene rings is 1. The number of ether oxygens (including phenoxy) is 1. The number of rotatable bonds is 12. The standard InChI is InChI=1S/C27H37N3O5S/c1-4-20(2)10-11-21(3)23-18-24(23)28-12-17-36(33,34)19-25(27(32)30-13-15-35-16-14-30)29-26(31)22-8-6-5-7-9-22/h4-11,23-25,28H,3,12-19H2,1-2H3,(H,29,31)/b11-10-,20-4-/t23-,24+,25+/m0/s1. The molecule has 2 aliphatic rings. The Kier molecular flexibility index (Phi) is 10.0. The Balaban J connectivity index is 1.56. The zero-order chi connectivity index (χ0) is 26.1. The lowest BCUT2D eigenvalue weighted by Gasteiger charge is -2.30. The molecule has 0 spiro atoms. The van der Waals surface area contributed by atoms with Gasteiger partial charge in [-0.25, -0.2) is 8.42 Å². The van der Waals surface area contributed by atoms with Gasteiger partial charge in [0.25, 0.3) is 5.91 Å². The first-order valence-electron chi connectivity index (χ1n) is 12.4. The Labute approximate surface area is 214 Å². The summed E-state index contributed by atoms with van der Waals surface area (Å²) in [5.41, 5.74) is 2.55. The first-order valence-corrected chi connectivity index (χ1v) is 14.2.